The molecule has 0 fully saturated rings. The van der Waals surface area contributed by atoms with Gasteiger partial charge in [-0.1, -0.05) is 0 Å². The molecule has 0 aromatic heterocycles. The fourth-order valence-electron chi connectivity index (χ4n) is 1.13. The summed E-state index contributed by atoms with van der Waals surface area (Å²) in [7, 11) is 0. The minimum Gasteiger partial charge on any atom is -0.396 e. The van der Waals surface area contributed by atoms with Gasteiger partial charge < -0.3 is 11.1 Å². The lowest BCUT2D eigenvalue weighted by molar-refractivity contribution is -0.142. The number of benzene rings is 1. The van der Waals surface area contributed by atoms with Gasteiger partial charge in [-0.25, -0.2) is 8.78 Å². The van der Waals surface area contributed by atoms with Crippen molar-refractivity contribution in [2.45, 2.75) is 19.0 Å². The lowest BCUT2D eigenvalue weighted by Gasteiger charge is -2.09. The van der Waals surface area contributed by atoms with E-state index in [9.17, 15) is 26.7 Å². The zero-order chi connectivity index (χ0) is 13.9. The van der Waals surface area contributed by atoms with Crippen LogP contribution in [0, 0.1) is 11.6 Å². The van der Waals surface area contributed by atoms with Crippen LogP contribution >= 0.6 is 0 Å². The van der Waals surface area contributed by atoms with Gasteiger partial charge in [-0.3, -0.25) is 4.79 Å². The Morgan fingerprint density at radius 3 is 2.39 bits per heavy atom. The highest BCUT2D eigenvalue weighted by molar-refractivity contribution is 5.91. The molecule has 0 unspecified atom stereocenters. The Morgan fingerprint density at radius 1 is 1.22 bits per heavy atom. The molecule has 0 saturated carbocycles. The van der Waals surface area contributed by atoms with Crippen LogP contribution < -0.4 is 11.1 Å². The lowest BCUT2D eigenvalue weighted by Crippen LogP contribution is -2.17. The average Bonchev–Trinajstić information content (AvgIpc) is 2.22. The first kappa shape index (κ1) is 14.2. The Labute approximate surface area is 98.8 Å². The highest BCUT2D eigenvalue weighted by Crippen LogP contribution is 2.23. The van der Waals surface area contributed by atoms with Crippen LogP contribution in [0.5, 0.6) is 0 Å². The van der Waals surface area contributed by atoms with Gasteiger partial charge in [0.1, 0.15) is 11.6 Å². The highest BCUT2D eigenvalue weighted by Gasteiger charge is 2.28. The summed E-state index contributed by atoms with van der Waals surface area (Å²) in [6, 6.07) is 1.24. The molecule has 0 aliphatic heterocycles. The third-order valence-electron chi connectivity index (χ3n) is 2.00. The van der Waals surface area contributed by atoms with E-state index in [1.807, 2.05) is 5.32 Å². The van der Waals surface area contributed by atoms with E-state index in [0.29, 0.717) is 6.07 Å². The van der Waals surface area contributed by atoms with Crippen LogP contribution in [-0.4, -0.2) is 12.1 Å². The van der Waals surface area contributed by atoms with Crippen molar-refractivity contribution >= 4 is 17.3 Å². The molecule has 1 aromatic carbocycles. The van der Waals surface area contributed by atoms with E-state index in [1.54, 1.807) is 0 Å². The van der Waals surface area contributed by atoms with E-state index in [2.05, 4.69) is 0 Å². The van der Waals surface area contributed by atoms with Crippen molar-refractivity contribution in [1.29, 1.82) is 0 Å². The number of alkyl halides is 3. The molecule has 0 aliphatic rings. The molecule has 3 N–H and O–H groups in total. The van der Waals surface area contributed by atoms with Crippen molar-refractivity contribution in [3.63, 3.8) is 0 Å². The second-order valence-corrected chi connectivity index (χ2v) is 3.52. The summed E-state index contributed by atoms with van der Waals surface area (Å²) in [6.45, 7) is 0. The fraction of sp³-hybridized carbons (Fsp3) is 0.300. The summed E-state index contributed by atoms with van der Waals surface area (Å²) in [4.78, 5) is 11.1. The van der Waals surface area contributed by atoms with E-state index in [0.717, 1.165) is 6.07 Å². The zero-order valence-electron chi connectivity index (χ0n) is 8.94. The van der Waals surface area contributed by atoms with Crippen molar-refractivity contribution in [2.24, 2.45) is 0 Å². The smallest absolute Gasteiger partial charge is 0.389 e. The second kappa shape index (κ2) is 5.19. The molecule has 0 saturated heterocycles. The van der Waals surface area contributed by atoms with Crippen molar-refractivity contribution in [3.05, 3.63) is 23.8 Å². The number of rotatable bonds is 3. The third-order valence-corrected chi connectivity index (χ3v) is 2.00. The van der Waals surface area contributed by atoms with Crippen LogP contribution in [0.15, 0.2) is 12.1 Å². The molecule has 8 heteroatoms. The summed E-state index contributed by atoms with van der Waals surface area (Å²) >= 11 is 0. The van der Waals surface area contributed by atoms with Crippen molar-refractivity contribution in [2.75, 3.05) is 11.1 Å². The molecule has 0 bridgehead atoms. The quantitative estimate of drug-likeness (QED) is 0.654. The summed E-state index contributed by atoms with van der Waals surface area (Å²) in [5.74, 6) is -3.15. The van der Waals surface area contributed by atoms with Gasteiger partial charge in [-0.05, 0) is 6.07 Å². The molecule has 18 heavy (non-hydrogen) atoms. The van der Waals surface area contributed by atoms with Crippen LogP contribution in [0.3, 0.4) is 0 Å². The summed E-state index contributed by atoms with van der Waals surface area (Å²) in [5, 5.41) is 1.89. The van der Waals surface area contributed by atoms with E-state index >= 15 is 0 Å². The number of hydrogen-bond donors (Lipinski definition) is 2. The Balaban J connectivity index is 2.68. The normalized spacial score (nSPS) is 11.4. The summed E-state index contributed by atoms with van der Waals surface area (Å²) < 4.78 is 61.4. The van der Waals surface area contributed by atoms with E-state index < -0.39 is 47.9 Å². The largest absolute Gasteiger partial charge is 0.396 e. The molecule has 0 atom stereocenters. The van der Waals surface area contributed by atoms with Gasteiger partial charge in [-0.15, -0.1) is 0 Å². The molecular formula is C10H9F5N2O. The Hall–Kier alpha value is -1.86. The molecule has 1 aromatic rings. The first-order valence-electron chi connectivity index (χ1n) is 4.80. The predicted octanol–water partition coefficient (Wildman–Crippen LogP) is 2.83. The van der Waals surface area contributed by atoms with Gasteiger partial charge in [0, 0.05) is 12.5 Å². The van der Waals surface area contributed by atoms with Crippen LogP contribution in [0.2, 0.25) is 0 Å². The Kier molecular flexibility index (Phi) is 4.10. The number of anilines is 2. The molecule has 0 aliphatic carbocycles. The van der Waals surface area contributed by atoms with E-state index in [4.69, 9.17) is 5.73 Å². The maximum Gasteiger partial charge on any atom is 0.389 e. The molecule has 0 radical (unpaired) electrons. The molecule has 100 valence electrons. The van der Waals surface area contributed by atoms with Crippen LogP contribution in [0.4, 0.5) is 33.3 Å². The van der Waals surface area contributed by atoms with Crippen molar-refractivity contribution < 1.29 is 26.7 Å². The predicted molar refractivity (Wildman–Crippen MR) is 54.7 cm³/mol. The van der Waals surface area contributed by atoms with Gasteiger partial charge in [0.15, 0.2) is 0 Å². The standard InChI is InChI=1S/C10H9F5N2O/c11-5-3-6(12)8(4-7(5)16)17-9(18)1-2-10(13,14)15/h3-4H,1-2,16H2,(H,17,18). The Bertz CT molecular complexity index is 458. The number of carbonyl (C=O) groups is 1. The molecular weight excluding hydrogens is 259 g/mol. The first-order chi connectivity index (χ1) is 8.19. The number of nitrogens with one attached hydrogen (secondary N) is 1. The number of carbonyl (C=O) groups excluding carboxylic acids is 1. The molecule has 0 spiro atoms. The average molecular weight is 268 g/mol. The lowest BCUT2D eigenvalue weighted by atomic mass is 10.2. The second-order valence-electron chi connectivity index (χ2n) is 3.52. The SMILES string of the molecule is Nc1cc(NC(=O)CCC(F)(F)F)c(F)cc1F. The molecule has 1 rings (SSSR count). The maximum atomic E-state index is 13.1. The molecule has 0 heterocycles. The number of amides is 1. The number of halogens is 5. The number of nitrogen functional groups attached to an aromatic ring is 1. The van der Waals surface area contributed by atoms with Crippen LogP contribution in [-0.2, 0) is 4.79 Å². The maximum absolute atomic E-state index is 13.1. The highest BCUT2D eigenvalue weighted by atomic mass is 19.4. The van der Waals surface area contributed by atoms with Gasteiger partial charge in [0.25, 0.3) is 0 Å². The summed E-state index contributed by atoms with van der Waals surface area (Å²) in [6.07, 6.45) is -6.64. The molecule has 3 nitrogen and oxygen atoms in total. The van der Waals surface area contributed by atoms with Crippen molar-refractivity contribution in [1.82, 2.24) is 0 Å². The van der Waals surface area contributed by atoms with E-state index in [-0.39, 0.29) is 0 Å². The van der Waals surface area contributed by atoms with Gasteiger partial charge >= 0.3 is 6.18 Å². The minimum atomic E-state index is -4.47. The zero-order valence-corrected chi connectivity index (χ0v) is 8.94. The Morgan fingerprint density at radius 2 is 1.83 bits per heavy atom. The minimum absolute atomic E-state index is 0.414. The first-order valence-corrected chi connectivity index (χ1v) is 4.80. The number of nitrogens with two attached hydrogens (primary N) is 1. The van der Waals surface area contributed by atoms with Crippen molar-refractivity contribution in [3.8, 4) is 0 Å². The van der Waals surface area contributed by atoms with Gasteiger partial charge in [0.2, 0.25) is 5.91 Å². The van der Waals surface area contributed by atoms with Gasteiger partial charge in [0.05, 0.1) is 17.8 Å². The fourth-order valence-corrected chi connectivity index (χ4v) is 1.13. The topological polar surface area (TPSA) is 55.1 Å². The van der Waals surface area contributed by atoms with Gasteiger partial charge in [-0.2, -0.15) is 13.2 Å². The third kappa shape index (κ3) is 4.19. The molecule has 1 amide bonds. The van der Waals surface area contributed by atoms with Crippen LogP contribution in [0.25, 0.3) is 0 Å². The van der Waals surface area contributed by atoms with E-state index in [1.165, 1.54) is 0 Å². The summed E-state index contributed by atoms with van der Waals surface area (Å²) in [5.41, 5.74) is 4.26. The monoisotopic (exact) mass is 268 g/mol. The number of hydrogen-bond acceptors (Lipinski definition) is 2. The van der Waals surface area contributed by atoms with Crippen LogP contribution in [0.1, 0.15) is 12.8 Å².